The number of likely N-dealkylation sites (tertiary alicyclic amines) is 1. The molecule has 1 atom stereocenters. The van der Waals surface area contributed by atoms with Crippen molar-refractivity contribution in [2.45, 2.75) is 31.8 Å². The highest BCUT2D eigenvalue weighted by molar-refractivity contribution is 6.31. The van der Waals surface area contributed by atoms with E-state index in [1.54, 1.807) is 18.4 Å². The minimum Gasteiger partial charge on any atom is -0.459 e. The van der Waals surface area contributed by atoms with Crippen molar-refractivity contribution in [3.05, 3.63) is 95.0 Å². The number of aromatic nitrogens is 1. The van der Waals surface area contributed by atoms with Crippen LogP contribution in [0.2, 0.25) is 5.02 Å². The fourth-order valence-corrected chi connectivity index (χ4v) is 5.40. The summed E-state index contributed by atoms with van der Waals surface area (Å²) in [6.45, 7) is 2.92. The van der Waals surface area contributed by atoms with E-state index in [1.165, 1.54) is 16.6 Å². The number of fused-ring (bicyclic) bond motifs is 1. The van der Waals surface area contributed by atoms with Crippen LogP contribution < -0.4 is 0 Å². The number of piperidine rings is 1. The minimum atomic E-state index is -0.0810. The molecule has 1 unspecified atom stereocenters. The highest BCUT2D eigenvalue weighted by Gasteiger charge is 2.33. The zero-order valence-corrected chi connectivity index (χ0v) is 20.2. The second-order valence-electron chi connectivity index (χ2n) is 9.25. The molecule has 0 spiro atoms. The number of hydrogen-bond donors (Lipinski definition) is 1. The van der Waals surface area contributed by atoms with E-state index in [0.717, 1.165) is 49.5 Å². The molecular formula is C28H30ClN3O2. The Hall–Kier alpha value is -3.02. The quantitative estimate of drug-likeness (QED) is 0.356. The van der Waals surface area contributed by atoms with Crippen molar-refractivity contribution in [2.24, 2.45) is 5.92 Å². The molecule has 3 heterocycles. The summed E-state index contributed by atoms with van der Waals surface area (Å²) in [5, 5.41) is 2.01. The van der Waals surface area contributed by atoms with Crippen molar-refractivity contribution in [1.29, 1.82) is 0 Å². The molecule has 2 aromatic heterocycles. The largest absolute Gasteiger partial charge is 0.459 e. The van der Waals surface area contributed by atoms with Gasteiger partial charge in [-0.05, 0) is 79.6 Å². The number of para-hydroxylation sites is 1. The van der Waals surface area contributed by atoms with Gasteiger partial charge in [-0.1, -0.05) is 48.0 Å². The summed E-state index contributed by atoms with van der Waals surface area (Å²) in [5.41, 5.74) is 3.51. The van der Waals surface area contributed by atoms with Crippen molar-refractivity contribution in [1.82, 2.24) is 14.8 Å². The third-order valence-electron chi connectivity index (χ3n) is 7.09. The number of rotatable bonds is 7. The predicted octanol–water partition coefficient (Wildman–Crippen LogP) is 6.01. The van der Waals surface area contributed by atoms with Crippen LogP contribution in [0.5, 0.6) is 0 Å². The molecular weight excluding hydrogens is 446 g/mol. The lowest BCUT2D eigenvalue weighted by atomic mass is 9.84. The molecule has 0 saturated carbocycles. The van der Waals surface area contributed by atoms with Gasteiger partial charge in [0.2, 0.25) is 0 Å². The van der Waals surface area contributed by atoms with Crippen LogP contribution in [-0.4, -0.2) is 46.9 Å². The highest BCUT2D eigenvalue weighted by atomic mass is 35.5. The molecule has 1 aliphatic rings. The number of H-pyrrole nitrogens is 1. The summed E-state index contributed by atoms with van der Waals surface area (Å²) in [4.78, 5) is 21.0. The van der Waals surface area contributed by atoms with E-state index < -0.39 is 0 Å². The maximum Gasteiger partial charge on any atom is 0.289 e. The average Bonchev–Trinajstić information content (AvgIpc) is 3.53. The summed E-state index contributed by atoms with van der Waals surface area (Å²) in [6, 6.07) is 22.1. The SMILES string of the molecule is CN(C(=O)c1ccco1)C(Cc1ccccc1Cl)C1CCN(Cc2cc3ccccc3[nH]2)CC1. The Labute approximate surface area is 205 Å². The monoisotopic (exact) mass is 475 g/mol. The minimum absolute atomic E-state index is 0.0488. The van der Waals surface area contributed by atoms with Crippen LogP contribution in [0.15, 0.2) is 77.4 Å². The third kappa shape index (κ3) is 4.91. The van der Waals surface area contributed by atoms with Crippen LogP contribution in [0.1, 0.15) is 34.7 Å². The molecule has 0 bridgehead atoms. The van der Waals surface area contributed by atoms with Crippen molar-refractivity contribution in [3.63, 3.8) is 0 Å². The molecule has 1 saturated heterocycles. The molecule has 5 rings (SSSR count). The second kappa shape index (κ2) is 10.1. The number of carbonyl (C=O) groups excluding carboxylic acids is 1. The average molecular weight is 476 g/mol. The first-order valence-corrected chi connectivity index (χ1v) is 12.3. The lowest BCUT2D eigenvalue weighted by molar-refractivity contribution is 0.0555. The first-order chi connectivity index (χ1) is 16.6. The summed E-state index contributed by atoms with van der Waals surface area (Å²) in [6.07, 6.45) is 4.35. The Bertz CT molecular complexity index is 1210. The predicted molar refractivity (Wildman–Crippen MR) is 136 cm³/mol. The van der Waals surface area contributed by atoms with Gasteiger partial charge >= 0.3 is 0 Å². The number of aromatic amines is 1. The van der Waals surface area contributed by atoms with Crippen molar-refractivity contribution < 1.29 is 9.21 Å². The molecule has 0 radical (unpaired) electrons. The van der Waals surface area contributed by atoms with E-state index >= 15 is 0 Å². The first kappa shape index (κ1) is 22.8. The van der Waals surface area contributed by atoms with E-state index in [2.05, 4.69) is 46.3 Å². The Morgan fingerprint density at radius 1 is 1.12 bits per heavy atom. The number of benzene rings is 2. The van der Waals surface area contributed by atoms with Gasteiger partial charge in [-0.15, -0.1) is 0 Å². The highest BCUT2D eigenvalue weighted by Crippen LogP contribution is 2.30. The molecule has 0 aliphatic carbocycles. The fraction of sp³-hybridized carbons (Fsp3) is 0.321. The Kier molecular flexibility index (Phi) is 6.75. The molecule has 176 valence electrons. The van der Waals surface area contributed by atoms with Gasteiger partial charge in [0.05, 0.1) is 6.26 Å². The van der Waals surface area contributed by atoms with Crippen LogP contribution in [-0.2, 0) is 13.0 Å². The number of nitrogens with one attached hydrogen (secondary N) is 1. The molecule has 1 aliphatic heterocycles. The standard InChI is InChI=1S/C28H30ClN3O2/c1-31(28(33)27-11-6-16-34-27)26(18-21-7-2-4-9-24(21)29)20-12-14-32(15-13-20)19-23-17-22-8-3-5-10-25(22)30-23/h2-11,16-17,20,26,30H,12-15,18-19H2,1H3. The van der Waals surface area contributed by atoms with E-state index in [9.17, 15) is 4.79 Å². The van der Waals surface area contributed by atoms with Gasteiger partial charge in [0.15, 0.2) is 5.76 Å². The van der Waals surface area contributed by atoms with Crippen molar-refractivity contribution in [3.8, 4) is 0 Å². The Morgan fingerprint density at radius 3 is 2.62 bits per heavy atom. The van der Waals surface area contributed by atoms with Crippen LogP contribution in [0, 0.1) is 5.92 Å². The van der Waals surface area contributed by atoms with Crippen LogP contribution in [0.25, 0.3) is 10.9 Å². The fourth-order valence-electron chi connectivity index (χ4n) is 5.19. The maximum absolute atomic E-state index is 13.1. The van der Waals surface area contributed by atoms with E-state index in [1.807, 2.05) is 30.1 Å². The number of halogens is 1. The van der Waals surface area contributed by atoms with Crippen LogP contribution in [0.4, 0.5) is 0 Å². The van der Waals surface area contributed by atoms with Crippen molar-refractivity contribution >= 4 is 28.4 Å². The smallest absolute Gasteiger partial charge is 0.289 e. The van der Waals surface area contributed by atoms with Crippen LogP contribution in [0.3, 0.4) is 0 Å². The normalized spacial score (nSPS) is 16.1. The van der Waals surface area contributed by atoms with Gasteiger partial charge in [0.25, 0.3) is 5.91 Å². The third-order valence-corrected chi connectivity index (χ3v) is 7.46. The zero-order chi connectivity index (χ0) is 23.5. The van der Waals surface area contributed by atoms with Crippen LogP contribution >= 0.6 is 11.6 Å². The van der Waals surface area contributed by atoms with E-state index in [4.69, 9.17) is 16.0 Å². The molecule has 1 fully saturated rings. The number of nitrogens with zero attached hydrogens (tertiary/aromatic N) is 2. The molecule has 4 aromatic rings. The van der Waals surface area contributed by atoms with Gasteiger partial charge < -0.3 is 14.3 Å². The summed E-state index contributed by atoms with van der Waals surface area (Å²) in [5.74, 6) is 0.685. The number of hydrogen-bond acceptors (Lipinski definition) is 3. The number of carbonyl (C=O) groups is 1. The number of likely N-dealkylation sites (N-methyl/N-ethyl adjacent to an activating group) is 1. The van der Waals surface area contributed by atoms with Gasteiger partial charge in [-0.3, -0.25) is 9.69 Å². The van der Waals surface area contributed by atoms with Gasteiger partial charge in [-0.2, -0.15) is 0 Å². The topological polar surface area (TPSA) is 52.5 Å². The maximum atomic E-state index is 13.1. The second-order valence-corrected chi connectivity index (χ2v) is 9.66. The van der Waals surface area contributed by atoms with Crippen molar-refractivity contribution in [2.75, 3.05) is 20.1 Å². The number of furan rings is 1. The van der Waals surface area contributed by atoms with Gasteiger partial charge in [0.1, 0.15) is 0 Å². The Balaban J connectivity index is 1.29. The van der Waals surface area contributed by atoms with E-state index in [-0.39, 0.29) is 11.9 Å². The number of amides is 1. The van der Waals surface area contributed by atoms with Gasteiger partial charge in [-0.25, -0.2) is 0 Å². The molecule has 5 nitrogen and oxygen atoms in total. The Morgan fingerprint density at radius 2 is 1.88 bits per heavy atom. The lowest BCUT2D eigenvalue weighted by Gasteiger charge is -2.40. The molecule has 1 amide bonds. The lowest BCUT2D eigenvalue weighted by Crippen LogP contribution is -2.47. The van der Waals surface area contributed by atoms with Gasteiger partial charge in [0, 0.05) is 35.9 Å². The summed E-state index contributed by atoms with van der Waals surface area (Å²) < 4.78 is 5.41. The summed E-state index contributed by atoms with van der Waals surface area (Å²) in [7, 11) is 1.89. The molecule has 34 heavy (non-hydrogen) atoms. The zero-order valence-electron chi connectivity index (χ0n) is 19.4. The molecule has 2 aromatic carbocycles. The summed E-state index contributed by atoms with van der Waals surface area (Å²) >= 11 is 6.50. The molecule has 1 N–H and O–H groups in total. The first-order valence-electron chi connectivity index (χ1n) is 11.9. The van der Waals surface area contributed by atoms with E-state index in [0.29, 0.717) is 11.7 Å². The molecule has 6 heteroatoms.